The summed E-state index contributed by atoms with van der Waals surface area (Å²) < 4.78 is 27.8. The number of rotatable bonds is 12. The Balaban J connectivity index is 1.32. The maximum atomic E-state index is 13.4. The first kappa shape index (κ1) is 30.1. The quantitative estimate of drug-likeness (QED) is 0.180. The molecular formula is C32H34N2O11. The predicted octanol–water partition coefficient (Wildman–Crippen LogP) is 2.99. The number of benzene rings is 2. The van der Waals surface area contributed by atoms with Crippen LogP contribution in [-0.4, -0.2) is 73.0 Å². The Morgan fingerprint density at radius 2 is 1.62 bits per heavy atom. The first-order chi connectivity index (χ1) is 21.7. The van der Waals surface area contributed by atoms with Crippen molar-refractivity contribution >= 4 is 23.8 Å². The highest BCUT2D eigenvalue weighted by Crippen LogP contribution is 2.55. The van der Waals surface area contributed by atoms with Crippen LogP contribution in [0.4, 0.5) is 0 Å². The zero-order valence-electron chi connectivity index (χ0n) is 24.9. The molecule has 1 fully saturated rings. The van der Waals surface area contributed by atoms with Gasteiger partial charge in [-0.25, -0.2) is 0 Å². The summed E-state index contributed by atoms with van der Waals surface area (Å²) in [6.45, 7) is 0.320. The second-order valence-electron chi connectivity index (χ2n) is 11.4. The van der Waals surface area contributed by atoms with Crippen LogP contribution in [0.1, 0.15) is 60.8 Å². The monoisotopic (exact) mass is 622 g/mol. The zero-order valence-corrected chi connectivity index (χ0v) is 24.9. The lowest BCUT2D eigenvalue weighted by Gasteiger charge is -2.40. The van der Waals surface area contributed by atoms with Crippen molar-refractivity contribution in [3.63, 3.8) is 0 Å². The molecule has 13 nitrogen and oxygen atoms in total. The van der Waals surface area contributed by atoms with Gasteiger partial charge in [-0.1, -0.05) is 12.8 Å². The molecule has 13 heteroatoms. The number of hydrogen-bond acceptors (Lipinski definition) is 11. The number of methoxy groups -OCH3 is 2. The fourth-order valence-electron chi connectivity index (χ4n) is 6.73. The SMILES string of the molecule is COc1cc([C@@H]2c3cc4c(cc3[C@@H](NC3=CC(=O)N(CCCCCCC(=O)O)C3=O)[C@H]3COC(=O)[C@H]23)OCO4)cc(OC)c1O. The number of nitrogens with one attached hydrogen (secondary N) is 1. The Morgan fingerprint density at radius 3 is 2.29 bits per heavy atom. The van der Waals surface area contributed by atoms with Crippen molar-refractivity contribution < 1.29 is 53.1 Å². The van der Waals surface area contributed by atoms with Crippen LogP contribution < -0.4 is 24.3 Å². The molecule has 3 N–H and O–H groups in total. The number of imide groups is 1. The number of carbonyl (C=O) groups excluding carboxylic acids is 3. The maximum absolute atomic E-state index is 13.4. The molecule has 2 aromatic rings. The molecule has 4 atom stereocenters. The fourth-order valence-corrected chi connectivity index (χ4v) is 6.73. The predicted molar refractivity (Wildman–Crippen MR) is 155 cm³/mol. The number of aliphatic carboxylic acids is 1. The summed E-state index contributed by atoms with van der Waals surface area (Å²) in [4.78, 5) is 51.6. The van der Waals surface area contributed by atoms with Crippen LogP contribution in [0.15, 0.2) is 36.0 Å². The third kappa shape index (κ3) is 5.47. The van der Waals surface area contributed by atoms with Crippen LogP contribution in [0.2, 0.25) is 0 Å². The molecule has 3 heterocycles. The van der Waals surface area contributed by atoms with Gasteiger partial charge in [0.2, 0.25) is 12.5 Å². The first-order valence-electron chi connectivity index (χ1n) is 14.8. The summed E-state index contributed by atoms with van der Waals surface area (Å²) in [7, 11) is 2.85. The van der Waals surface area contributed by atoms with Crippen molar-refractivity contribution in [1.82, 2.24) is 10.2 Å². The van der Waals surface area contributed by atoms with Gasteiger partial charge in [-0.3, -0.25) is 24.1 Å². The minimum Gasteiger partial charge on any atom is -0.502 e. The highest BCUT2D eigenvalue weighted by atomic mass is 16.7. The van der Waals surface area contributed by atoms with Crippen molar-refractivity contribution in [2.75, 3.05) is 34.2 Å². The Hall–Kier alpha value is -4.94. The molecule has 0 bridgehead atoms. The zero-order chi connectivity index (χ0) is 31.8. The lowest BCUT2D eigenvalue weighted by Crippen LogP contribution is -2.42. The summed E-state index contributed by atoms with van der Waals surface area (Å²) in [6.07, 6.45) is 3.83. The third-order valence-corrected chi connectivity index (χ3v) is 8.89. The minimum absolute atomic E-state index is 0.0279. The van der Waals surface area contributed by atoms with Gasteiger partial charge < -0.3 is 39.2 Å². The molecule has 3 aliphatic heterocycles. The molecule has 2 aromatic carbocycles. The van der Waals surface area contributed by atoms with Gasteiger partial charge in [-0.05, 0) is 53.8 Å². The van der Waals surface area contributed by atoms with E-state index in [2.05, 4.69) is 5.32 Å². The standard InChI is InChI=1S/C32H34N2O11/c1-41-23-9-16(10-24(42-2)30(23)38)27-17-11-21-22(45-15-44-21)12-18(17)29(19-14-43-32(40)28(19)27)33-20-13-25(35)34(31(20)39)8-6-4-3-5-7-26(36)37/h9-13,19,27-29,33,38H,3-8,14-15H2,1-2H3,(H,36,37)/t19-,27+,28-,29+/m0/s1. The number of carboxylic acids is 1. The van der Waals surface area contributed by atoms with Crippen LogP contribution >= 0.6 is 0 Å². The largest absolute Gasteiger partial charge is 0.502 e. The average Bonchev–Trinajstić information content (AvgIpc) is 3.71. The van der Waals surface area contributed by atoms with Gasteiger partial charge in [0.1, 0.15) is 5.70 Å². The minimum atomic E-state index is -0.849. The van der Waals surface area contributed by atoms with Crippen molar-refractivity contribution in [3.8, 4) is 28.7 Å². The lowest BCUT2D eigenvalue weighted by molar-refractivity contribution is -0.142. The molecule has 1 saturated heterocycles. The van der Waals surface area contributed by atoms with E-state index < -0.39 is 47.5 Å². The van der Waals surface area contributed by atoms with Crippen molar-refractivity contribution in [2.24, 2.45) is 11.8 Å². The van der Waals surface area contributed by atoms with Gasteiger partial charge in [-0.2, -0.15) is 0 Å². The summed E-state index contributed by atoms with van der Waals surface area (Å²) in [5.41, 5.74) is 2.23. The van der Waals surface area contributed by atoms with Gasteiger partial charge in [0.15, 0.2) is 23.0 Å². The molecule has 45 heavy (non-hydrogen) atoms. The molecule has 0 unspecified atom stereocenters. The number of carbonyl (C=O) groups is 4. The fraction of sp³-hybridized carbons (Fsp3) is 0.438. The molecule has 0 radical (unpaired) electrons. The molecule has 6 rings (SSSR count). The maximum Gasteiger partial charge on any atom is 0.310 e. The number of esters is 1. The Morgan fingerprint density at radius 1 is 0.956 bits per heavy atom. The lowest BCUT2D eigenvalue weighted by atomic mass is 9.65. The number of aromatic hydroxyl groups is 1. The molecule has 2 amide bonds. The molecule has 4 aliphatic rings. The number of ether oxygens (including phenoxy) is 5. The van der Waals surface area contributed by atoms with E-state index in [4.69, 9.17) is 28.8 Å². The smallest absolute Gasteiger partial charge is 0.310 e. The molecular weight excluding hydrogens is 588 g/mol. The summed E-state index contributed by atoms with van der Waals surface area (Å²) in [5, 5.41) is 22.7. The van der Waals surface area contributed by atoms with Crippen LogP contribution in [0, 0.1) is 11.8 Å². The number of cyclic esters (lactones) is 1. The number of phenolic OH excluding ortho intramolecular Hbond substituents is 1. The van der Waals surface area contributed by atoms with Gasteiger partial charge in [0.25, 0.3) is 11.8 Å². The van der Waals surface area contributed by atoms with E-state index in [0.29, 0.717) is 42.7 Å². The highest BCUT2D eigenvalue weighted by Gasteiger charge is 2.53. The Kier molecular flexibility index (Phi) is 8.17. The number of unbranched alkanes of at least 4 members (excludes halogenated alkanes) is 3. The molecule has 0 aromatic heterocycles. The Bertz CT molecular complexity index is 1560. The summed E-state index contributed by atoms with van der Waals surface area (Å²) >= 11 is 0. The second-order valence-corrected chi connectivity index (χ2v) is 11.4. The second kappa shape index (κ2) is 12.2. The van der Waals surface area contributed by atoms with E-state index in [1.54, 1.807) is 12.1 Å². The van der Waals surface area contributed by atoms with Gasteiger partial charge in [0.05, 0.1) is 32.8 Å². The number of nitrogens with zero attached hydrogens (tertiary/aromatic N) is 1. The van der Waals surface area contributed by atoms with E-state index in [-0.39, 0.29) is 49.3 Å². The third-order valence-electron chi connectivity index (χ3n) is 8.89. The number of fused-ring (bicyclic) bond motifs is 3. The molecule has 0 spiro atoms. The average molecular weight is 623 g/mol. The Labute approximate surface area is 258 Å². The van der Waals surface area contributed by atoms with Crippen molar-refractivity contribution in [3.05, 3.63) is 52.7 Å². The number of hydrogen-bond donors (Lipinski definition) is 3. The van der Waals surface area contributed by atoms with E-state index >= 15 is 0 Å². The van der Waals surface area contributed by atoms with E-state index in [9.17, 15) is 24.3 Å². The van der Waals surface area contributed by atoms with E-state index in [1.165, 1.54) is 25.2 Å². The van der Waals surface area contributed by atoms with Crippen LogP contribution in [0.3, 0.4) is 0 Å². The van der Waals surface area contributed by atoms with Gasteiger partial charge in [0, 0.05) is 30.9 Å². The van der Waals surface area contributed by atoms with Crippen LogP contribution in [0.5, 0.6) is 28.7 Å². The van der Waals surface area contributed by atoms with Crippen LogP contribution in [-0.2, 0) is 23.9 Å². The number of carboxylic acid groups (broad SMARTS) is 1. The topological polar surface area (TPSA) is 170 Å². The van der Waals surface area contributed by atoms with Crippen molar-refractivity contribution in [2.45, 2.75) is 44.1 Å². The first-order valence-corrected chi connectivity index (χ1v) is 14.8. The van der Waals surface area contributed by atoms with E-state index in [1.807, 2.05) is 12.1 Å². The molecule has 238 valence electrons. The number of amides is 2. The highest BCUT2D eigenvalue weighted by molar-refractivity contribution is 6.15. The van der Waals surface area contributed by atoms with Gasteiger partial charge >= 0.3 is 11.9 Å². The summed E-state index contributed by atoms with van der Waals surface area (Å²) in [5.74, 6) is -2.66. The van der Waals surface area contributed by atoms with Gasteiger partial charge in [-0.15, -0.1) is 0 Å². The van der Waals surface area contributed by atoms with Crippen LogP contribution in [0.25, 0.3) is 0 Å². The summed E-state index contributed by atoms with van der Waals surface area (Å²) in [6, 6.07) is 6.37. The molecule has 1 aliphatic carbocycles. The number of phenols is 1. The normalized spacial score (nSPS) is 22.9. The molecule has 0 saturated carbocycles. The van der Waals surface area contributed by atoms with Crippen molar-refractivity contribution in [1.29, 1.82) is 0 Å². The van der Waals surface area contributed by atoms with E-state index in [0.717, 1.165) is 11.1 Å².